The highest BCUT2D eigenvalue weighted by Gasteiger charge is 2.60. The molecule has 0 heterocycles. The average Bonchev–Trinajstić information content (AvgIpc) is 3.00. The minimum atomic E-state index is -4.50. The summed E-state index contributed by atoms with van der Waals surface area (Å²) in [4.78, 5) is 0. The van der Waals surface area contributed by atoms with E-state index in [1.165, 1.54) is 6.42 Å². The highest BCUT2D eigenvalue weighted by molar-refractivity contribution is 5.09. The third-order valence-corrected chi connectivity index (χ3v) is 9.72. The molecule has 0 amide bonds. The molecule has 4 aliphatic carbocycles. The maximum atomic E-state index is 12.9. The van der Waals surface area contributed by atoms with E-state index in [1.807, 2.05) is 13.8 Å². The van der Waals surface area contributed by atoms with Crippen molar-refractivity contribution in [2.45, 2.75) is 110 Å². The van der Waals surface area contributed by atoms with E-state index in [9.17, 15) is 23.4 Å². The molecular weight excluding hydrogens is 377 g/mol. The van der Waals surface area contributed by atoms with Crippen LogP contribution in [0, 0.1) is 40.4 Å². The first-order valence-corrected chi connectivity index (χ1v) is 12.0. The molecule has 0 aromatic heterocycles. The topological polar surface area (TPSA) is 40.5 Å². The summed E-state index contributed by atoms with van der Waals surface area (Å²) < 4.78 is 38.8. The SMILES string of the molecule is CC.CC12CCC(O)CC1CCC1C2CCC2(C)C(CC(O)C(F)(F)F)CCC12. The van der Waals surface area contributed by atoms with Crippen LogP contribution in [0.25, 0.3) is 0 Å². The fraction of sp³-hybridized carbons (Fsp3) is 1.00. The molecule has 4 aliphatic rings. The van der Waals surface area contributed by atoms with Crippen LogP contribution in [-0.2, 0) is 0 Å². The van der Waals surface area contributed by atoms with Crippen LogP contribution in [0.15, 0.2) is 0 Å². The Kier molecular flexibility index (Phi) is 6.72. The number of hydrogen-bond acceptors (Lipinski definition) is 2. The monoisotopic (exact) mass is 418 g/mol. The Balaban J connectivity index is 0.00000117. The van der Waals surface area contributed by atoms with E-state index in [4.69, 9.17) is 0 Å². The van der Waals surface area contributed by atoms with Gasteiger partial charge in [-0.25, -0.2) is 0 Å². The van der Waals surface area contributed by atoms with Crippen molar-refractivity contribution in [1.82, 2.24) is 0 Å². The zero-order chi connectivity index (χ0) is 21.6. The molecule has 0 bridgehead atoms. The molecule has 0 saturated heterocycles. The molecule has 5 heteroatoms. The third-order valence-electron chi connectivity index (χ3n) is 9.72. The molecule has 0 aliphatic heterocycles. The molecule has 4 rings (SSSR count). The lowest BCUT2D eigenvalue weighted by atomic mass is 9.44. The quantitative estimate of drug-likeness (QED) is 0.549. The molecule has 0 aromatic rings. The second-order valence-electron chi connectivity index (χ2n) is 10.7. The van der Waals surface area contributed by atoms with Gasteiger partial charge in [0.2, 0.25) is 0 Å². The van der Waals surface area contributed by atoms with Gasteiger partial charge in [0.25, 0.3) is 0 Å². The molecule has 29 heavy (non-hydrogen) atoms. The lowest BCUT2D eigenvalue weighted by molar-refractivity contribution is -0.212. The summed E-state index contributed by atoms with van der Waals surface area (Å²) in [5, 5.41) is 19.8. The van der Waals surface area contributed by atoms with Crippen LogP contribution in [0.4, 0.5) is 13.2 Å². The Morgan fingerprint density at radius 1 is 0.897 bits per heavy atom. The zero-order valence-electron chi connectivity index (χ0n) is 18.6. The summed E-state index contributed by atoms with van der Waals surface area (Å²) in [6.07, 6.45) is 2.28. The summed E-state index contributed by atoms with van der Waals surface area (Å²) in [5.41, 5.74) is 0.248. The lowest BCUT2D eigenvalue weighted by Crippen LogP contribution is -2.54. The van der Waals surface area contributed by atoms with Gasteiger partial charge in [0.1, 0.15) is 6.10 Å². The highest BCUT2D eigenvalue weighted by atomic mass is 19.4. The molecule has 4 fully saturated rings. The Morgan fingerprint density at radius 3 is 2.17 bits per heavy atom. The van der Waals surface area contributed by atoms with E-state index in [2.05, 4.69) is 13.8 Å². The molecule has 9 unspecified atom stereocenters. The fourth-order valence-corrected chi connectivity index (χ4v) is 8.13. The average molecular weight is 419 g/mol. The largest absolute Gasteiger partial charge is 0.414 e. The Hall–Kier alpha value is -0.290. The molecular formula is C24H41F3O2. The van der Waals surface area contributed by atoms with Crippen molar-refractivity contribution in [3.05, 3.63) is 0 Å². The highest BCUT2D eigenvalue weighted by Crippen LogP contribution is 2.68. The van der Waals surface area contributed by atoms with Gasteiger partial charge < -0.3 is 10.2 Å². The van der Waals surface area contributed by atoms with E-state index in [0.29, 0.717) is 29.1 Å². The fourth-order valence-electron chi connectivity index (χ4n) is 8.13. The van der Waals surface area contributed by atoms with E-state index in [1.54, 1.807) is 0 Å². The number of aliphatic hydroxyl groups excluding tert-OH is 2. The summed E-state index contributed by atoms with van der Waals surface area (Å²) in [6, 6.07) is 0. The van der Waals surface area contributed by atoms with Crippen molar-refractivity contribution >= 4 is 0 Å². The molecule has 9 atom stereocenters. The zero-order valence-corrected chi connectivity index (χ0v) is 18.6. The second-order valence-corrected chi connectivity index (χ2v) is 10.7. The molecule has 0 aromatic carbocycles. The van der Waals surface area contributed by atoms with Crippen molar-refractivity contribution in [1.29, 1.82) is 0 Å². The number of hydrogen-bond donors (Lipinski definition) is 2. The number of rotatable bonds is 2. The molecule has 2 nitrogen and oxygen atoms in total. The smallest absolute Gasteiger partial charge is 0.393 e. The maximum absolute atomic E-state index is 12.9. The van der Waals surface area contributed by atoms with Crippen molar-refractivity contribution < 1.29 is 23.4 Å². The standard InChI is InChI=1S/C22H35F3O2.C2H6/c1-20-9-7-15(26)11-13(20)3-5-16-17-6-4-14(12-19(27)22(23,24)25)21(17,2)10-8-18(16)20;1-2/h13-19,26-27H,3-12H2,1-2H3;1-2H3. The summed E-state index contributed by atoms with van der Waals surface area (Å²) in [7, 11) is 0. The van der Waals surface area contributed by atoms with Crippen LogP contribution in [0.2, 0.25) is 0 Å². The molecule has 0 spiro atoms. The van der Waals surface area contributed by atoms with Gasteiger partial charge in [-0.2, -0.15) is 13.2 Å². The second kappa shape index (κ2) is 8.33. The van der Waals surface area contributed by atoms with Crippen molar-refractivity contribution in [2.75, 3.05) is 0 Å². The van der Waals surface area contributed by atoms with Gasteiger partial charge in [0, 0.05) is 0 Å². The van der Waals surface area contributed by atoms with Crippen LogP contribution >= 0.6 is 0 Å². The van der Waals surface area contributed by atoms with Crippen LogP contribution < -0.4 is 0 Å². The first kappa shape index (κ1) is 23.4. The van der Waals surface area contributed by atoms with Gasteiger partial charge in [-0.1, -0.05) is 27.7 Å². The predicted molar refractivity (Wildman–Crippen MR) is 109 cm³/mol. The summed E-state index contributed by atoms with van der Waals surface area (Å²) >= 11 is 0. The van der Waals surface area contributed by atoms with E-state index in [0.717, 1.165) is 51.4 Å². The summed E-state index contributed by atoms with van der Waals surface area (Å²) in [6.45, 7) is 8.65. The van der Waals surface area contributed by atoms with Crippen LogP contribution in [0.5, 0.6) is 0 Å². The minimum absolute atomic E-state index is 0.0150. The molecule has 4 saturated carbocycles. The predicted octanol–water partition coefficient (Wildman–Crippen LogP) is 6.35. The first-order valence-electron chi connectivity index (χ1n) is 12.0. The van der Waals surface area contributed by atoms with Crippen LogP contribution in [0.1, 0.15) is 91.9 Å². The van der Waals surface area contributed by atoms with E-state index < -0.39 is 12.3 Å². The summed E-state index contributed by atoms with van der Waals surface area (Å²) in [5.74, 6) is 2.38. The number of aliphatic hydroxyl groups is 2. The van der Waals surface area contributed by atoms with Gasteiger partial charge in [-0.3, -0.25) is 0 Å². The Labute approximate surface area is 174 Å². The lowest BCUT2D eigenvalue weighted by Gasteiger charge is -2.61. The molecule has 2 N–H and O–H groups in total. The first-order chi connectivity index (χ1) is 13.6. The van der Waals surface area contributed by atoms with Crippen molar-refractivity contribution in [3.8, 4) is 0 Å². The number of fused-ring (bicyclic) bond motifs is 5. The molecule has 0 radical (unpaired) electrons. The van der Waals surface area contributed by atoms with Crippen molar-refractivity contribution in [2.24, 2.45) is 40.4 Å². The molecule has 170 valence electrons. The normalized spacial score (nSPS) is 47.9. The number of alkyl halides is 3. The van der Waals surface area contributed by atoms with Crippen molar-refractivity contribution in [3.63, 3.8) is 0 Å². The maximum Gasteiger partial charge on any atom is 0.414 e. The van der Waals surface area contributed by atoms with Gasteiger partial charge in [0.05, 0.1) is 6.10 Å². The Bertz CT molecular complexity index is 565. The number of halogens is 3. The van der Waals surface area contributed by atoms with Gasteiger partial charge >= 0.3 is 6.18 Å². The van der Waals surface area contributed by atoms with Gasteiger partial charge in [-0.15, -0.1) is 0 Å². The minimum Gasteiger partial charge on any atom is -0.393 e. The van der Waals surface area contributed by atoms with Gasteiger partial charge in [-0.05, 0) is 105 Å². The van der Waals surface area contributed by atoms with Crippen LogP contribution in [0.3, 0.4) is 0 Å². The third kappa shape index (κ3) is 4.00. The van der Waals surface area contributed by atoms with E-state index >= 15 is 0 Å². The van der Waals surface area contributed by atoms with E-state index in [-0.39, 0.29) is 23.9 Å². The van der Waals surface area contributed by atoms with Gasteiger partial charge in [0.15, 0.2) is 0 Å². The Morgan fingerprint density at radius 2 is 1.52 bits per heavy atom. The van der Waals surface area contributed by atoms with Crippen LogP contribution in [-0.4, -0.2) is 28.6 Å².